The summed E-state index contributed by atoms with van der Waals surface area (Å²) in [4.78, 5) is 0.118. The van der Waals surface area contributed by atoms with Crippen LogP contribution in [0.1, 0.15) is 6.42 Å². The van der Waals surface area contributed by atoms with Crippen LogP contribution in [0.25, 0.3) is 0 Å². The number of nitrogens with two attached hydrogens (primary N) is 1. The highest BCUT2D eigenvalue weighted by Crippen LogP contribution is 2.25. The Labute approximate surface area is 101 Å². The maximum atomic E-state index is 12.0. The van der Waals surface area contributed by atoms with E-state index in [9.17, 15) is 8.42 Å². The Bertz CT molecular complexity index is 470. The predicted octanol–water partition coefficient (Wildman–Crippen LogP) is 1.09. The zero-order chi connectivity index (χ0) is 12.9. The first-order valence-electron chi connectivity index (χ1n) is 5.16. The molecule has 0 aromatic heterocycles. The number of rotatable bonds is 6. The summed E-state index contributed by atoms with van der Waals surface area (Å²) in [7, 11) is -0.368. The minimum absolute atomic E-state index is 0.0121. The Hall–Kier alpha value is -1.27. The van der Waals surface area contributed by atoms with E-state index in [-0.39, 0.29) is 16.3 Å². The van der Waals surface area contributed by atoms with E-state index in [0.717, 1.165) is 0 Å². The second kappa shape index (κ2) is 5.88. The fourth-order valence-corrected chi connectivity index (χ4v) is 2.85. The van der Waals surface area contributed by atoms with Gasteiger partial charge in [0.05, 0.1) is 23.4 Å². The summed E-state index contributed by atoms with van der Waals surface area (Å²) in [6.07, 6.45) is 0.440. The number of benzene rings is 1. The van der Waals surface area contributed by atoms with Gasteiger partial charge in [0.1, 0.15) is 5.75 Å². The number of hydrogen-bond acceptors (Lipinski definition) is 5. The van der Waals surface area contributed by atoms with Gasteiger partial charge >= 0.3 is 0 Å². The average molecular weight is 259 g/mol. The molecule has 0 atom stereocenters. The molecule has 96 valence electrons. The normalized spacial score (nSPS) is 11.4. The lowest BCUT2D eigenvalue weighted by Gasteiger charge is -2.09. The molecule has 17 heavy (non-hydrogen) atoms. The zero-order valence-corrected chi connectivity index (χ0v) is 10.8. The van der Waals surface area contributed by atoms with E-state index < -0.39 is 9.84 Å². The molecule has 0 saturated carbocycles. The van der Waals surface area contributed by atoms with E-state index >= 15 is 0 Å². The molecule has 2 N–H and O–H groups in total. The smallest absolute Gasteiger partial charge is 0.180 e. The van der Waals surface area contributed by atoms with Crippen molar-refractivity contribution in [2.45, 2.75) is 11.3 Å². The first-order valence-corrected chi connectivity index (χ1v) is 6.81. The molecule has 0 bridgehead atoms. The van der Waals surface area contributed by atoms with Gasteiger partial charge in [0.25, 0.3) is 0 Å². The molecule has 1 rings (SSSR count). The molecule has 0 fully saturated rings. The van der Waals surface area contributed by atoms with E-state index in [2.05, 4.69) is 0 Å². The molecule has 5 nitrogen and oxygen atoms in total. The monoisotopic (exact) mass is 259 g/mol. The lowest BCUT2D eigenvalue weighted by atomic mass is 10.3. The minimum atomic E-state index is -3.38. The van der Waals surface area contributed by atoms with Crippen LogP contribution in [0.5, 0.6) is 5.75 Å². The third kappa shape index (κ3) is 3.61. The SMILES string of the molecule is COCCCS(=O)(=O)c1cc(OC)ccc1N. The molecule has 6 heteroatoms. The minimum Gasteiger partial charge on any atom is -0.497 e. The number of nitrogen functional groups attached to an aromatic ring is 1. The molecular weight excluding hydrogens is 242 g/mol. The van der Waals surface area contributed by atoms with Gasteiger partial charge in [-0.2, -0.15) is 0 Å². The van der Waals surface area contributed by atoms with Crippen LogP contribution < -0.4 is 10.5 Å². The van der Waals surface area contributed by atoms with Crippen LogP contribution in [-0.4, -0.2) is 35.0 Å². The molecule has 0 radical (unpaired) electrons. The van der Waals surface area contributed by atoms with Crippen molar-refractivity contribution in [2.75, 3.05) is 32.3 Å². The maximum absolute atomic E-state index is 12.0. The number of ether oxygens (including phenoxy) is 2. The highest BCUT2D eigenvalue weighted by atomic mass is 32.2. The van der Waals surface area contributed by atoms with E-state index in [1.54, 1.807) is 6.07 Å². The highest BCUT2D eigenvalue weighted by molar-refractivity contribution is 7.91. The van der Waals surface area contributed by atoms with Crippen molar-refractivity contribution < 1.29 is 17.9 Å². The molecular formula is C11H17NO4S. The first-order chi connectivity index (χ1) is 8.01. The summed E-state index contributed by atoms with van der Waals surface area (Å²) in [6.45, 7) is 0.406. The van der Waals surface area contributed by atoms with E-state index in [1.165, 1.54) is 26.4 Å². The number of sulfone groups is 1. The van der Waals surface area contributed by atoms with Gasteiger partial charge in [0.2, 0.25) is 0 Å². The second-order valence-corrected chi connectivity index (χ2v) is 5.65. The summed E-state index contributed by atoms with van der Waals surface area (Å²) >= 11 is 0. The Kier molecular flexibility index (Phi) is 4.77. The topological polar surface area (TPSA) is 78.6 Å². The van der Waals surface area contributed by atoms with Gasteiger partial charge < -0.3 is 15.2 Å². The lowest BCUT2D eigenvalue weighted by Crippen LogP contribution is -2.11. The fourth-order valence-electron chi connectivity index (χ4n) is 1.41. The van der Waals surface area contributed by atoms with Crippen LogP contribution in [0, 0.1) is 0 Å². The van der Waals surface area contributed by atoms with Gasteiger partial charge in [-0.05, 0) is 18.6 Å². The first kappa shape index (κ1) is 13.8. The summed E-state index contributed by atoms with van der Waals surface area (Å²) in [6, 6.07) is 4.60. The van der Waals surface area contributed by atoms with Crippen LogP contribution >= 0.6 is 0 Å². The third-order valence-electron chi connectivity index (χ3n) is 2.32. The van der Waals surface area contributed by atoms with Gasteiger partial charge in [0, 0.05) is 19.8 Å². The quantitative estimate of drug-likeness (QED) is 0.611. The van der Waals surface area contributed by atoms with Crippen LogP contribution in [0.3, 0.4) is 0 Å². The summed E-state index contributed by atoms with van der Waals surface area (Å²) < 4.78 is 33.8. The van der Waals surface area contributed by atoms with Crippen LogP contribution in [0.15, 0.2) is 23.1 Å². The van der Waals surface area contributed by atoms with Gasteiger partial charge in [-0.3, -0.25) is 0 Å². The van der Waals surface area contributed by atoms with E-state index in [0.29, 0.717) is 18.8 Å². The van der Waals surface area contributed by atoms with Crippen molar-refractivity contribution in [1.29, 1.82) is 0 Å². The van der Waals surface area contributed by atoms with Crippen molar-refractivity contribution in [1.82, 2.24) is 0 Å². The summed E-state index contributed by atoms with van der Waals surface area (Å²) in [5, 5.41) is 0. The Morgan fingerprint density at radius 3 is 2.59 bits per heavy atom. The van der Waals surface area contributed by atoms with E-state index in [4.69, 9.17) is 15.2 Å². The molecule has 0 heterocycles. The molecule has 0 saturated heterocycles. The standard InChI is InChI=1S/C11H17NO4S/c1-15-6-3-7-17(13,14)11-8-9(16-2)4-5-10(11)12/h4-5,8H,3,6-7,12H2,1-2H3. The fraction of sp³-hybridized carbons (Fsp3) is 0.455. The van der Waals surface area contributed by atoms with Crippen LogP contribution in [0.2, 0.25) is 0 Å². The van der Waals surface area contributed by atoms with Crippen LogP contribution in [-0.2, 0) is 14.6 Å². The van der Waals surface area contributed by atoms with Gasteiger partial charge in [0.15, 0.2) is 9.84 Å². The largest absolute Gasteiger partial charge is 0.497 e. The molecule has 0 unspecified atom stereocenters. The molecule has 0 aliphatic heterocycles. The maximum Gasteiger partial charge on any atom is 0.180 e. The van der Waals surface area contributed by atoms with Gasteiger partial charge in [-0.25, -0.2) is 8.42 Å². The average Bonchev–Trinajstić information content (AvgIpc) is 2.29. The summed E-state index contributed by atoms with van der Waals surface area (Å²) in [5.41, 5.74) is 5.91. The van der Waals surface area contributed by atoms with Crippen molar-refractivity contribution in [2.24, 2.45) is 0 Å². The summed E-state index contributed by atoms with van der Waals surface area (Å²) in [5.74, 6) is 0.489. The van der Waals surface area contributed by atoms with Crippen molar-refractivity contribution in [3.05, 3.63) is 18.2 Å². The Morgan fingerprint density at radius 2 is 2.00 bits per heavy atom. The second-order valence-electron chi connectivity index (χ2n) is 3.57. The third-order valence-corrected chi connectivity index (χ3v) is 4.17. The van der Waals surface area contributed by atoms with Crippen molar-refractivity contribution in [3.8, 4) is 5.75 Å². The lowest BCUT2D eigenvalue weighted by molar-refractivity contribution is 0.199. The molecule has 0 aliphatic rings. The zero-order valence-electron chi connectivity index (χ0n) is 9.97. The van der Waals surface area contributed by atoms with Crippen molar-refractivity contribution in [3.63, 3.8) is 0 Å². The van der Waals surface area contributed by atoms with Gasteiger partial charge in [-0.1, -0.05) is 0 Å². The van der Waals surface area contributed by atoms with Crippen LogP contribution in [0.4, 0.5) is 5.69 Å². The highest BCUT2D eigenvalue weighted by Gasteiger charge is 2.18. The molecule has 0 amide bonds. The number of hydrogen-bond donors (Lipinski definition) is 1. The van der Waals surface area contributed by atoms with Crippen molar-refractivity contribution >= 4 is 15.5 Å². The molecule has 0 aliphatic carbocycles. The molecule has 1 aromatic rings. The number of methoxy groups -OCH3 is 2. The molecule has 1 aromatic carbocycles. The molecule has 0 spiro atoms. The Morgan fingerprint density at radius 1 is 1.29 bits per heavy atom. The Balaban J connectivity index is 2.97. The predicted molar refractivity (Wildman–Crippen MR) is 66.0 cm³/mol. The number of anilines is 1. The van der Waals surface area contributed by atoms with Gasteiger partial charge in [-0.15, -0.1) is 0 Å². The van der Waals surface area contributed by atoms with E-state index in [1.807, 2.05) is 0 Å².